The number of hydrogen-bond donors (Lipinski definition) is 1. The van der Waals surface area contributed by atoms with Gasteiger partial charge in [0.1, 0.15) is 12.0 Å². The summed E-state index contributed by atoms with van der Waals surface area (Å²) in [6.07, 6.45) is 6.29. The number of hydrogen-bond acceptors (Lipinski definition) is 4. The van der Waals surface area contributed by atoms with Gasteiger partial charge in [-0.15, -0.1) is 6.42 Å². The summed E-state index contributed by atoms with van der Waals surface area (Å²) in [7, 11) is 0. The molecule has 1 heterocycles. The van der Waals surface area contributed by atoms with Crippen molar-refractivity contribution in [3.8, 4) is 12.3 Å². The molecular weight excluding hydrogens is 262 g/mol. The fourth-order valence-corrected chi connectivity index (χ4v) is 1.46. The van der Waals surface area contributed by atoms with Gasteiger partial charge in [-0.05, 0) is 22.9 Å². The molecule has 1 aromatic rings. The van der Waals surface area contributed by atoms with E-state index in [0.717, 1.165) is 0 Å². The minimum absolute atomic E-state index is 0.0202. The van der Waals surface area contributed by atoms with Gasteiger partial charge in [0.25, 0.3) is 5.69 Å². The third kappa shape index (κ3) is 2.44. The van der Waals surface area contributed by atoms with E-state index < -0.39 is 4.92 Å². The van der Waals surface area contributed by atoms with Gasteiger partial charge in [-0.1, -0.05) is 5.92 Å². The van der Waals surface area contributed by atoms with Gasteiger partial charge < -0.3 is 5.32 Å². The third-order valence-corrected chi connectivity index (χ3v) is 2.76. The number of halogens is 1. The Balaban J connectivity index is 3.11. The van der Waals surface area contributed by atoms with Gasteiger partial charge in [0.05, 0.1) is 15.9 Å². The molecule has 15 heavy (non-hydrogen) atoms. The van der Waals surface area contributed by atoms with Crippen LogP contribution in [-0.4, -0.2) is 16.5 Å². The number of rotatable bonds is 3. The lowest BCUT2D eigenvalue weighted by Crippen LogP contribution is -2.04. The van der Waals surface area contributed by atoms with E-state index in [1.54, 1.807) is 6.92 Å². The fourth-order valence-electron chi connectivity index (χ4n) is 1.01. The number of nitro groups is 1. The van der Waals surface area contributed by atoms with E-state index in [1.165, 1.54) is 6.20 Å². The number of terminal acetylenes is 1. The number of nitrogens with zero attached hydrogens (tertiary/aromatic N) is 2. The lowest BCUT2D eigenvalue weighted by Gasteiger charge is -2.06. The predicted octanol–water partition coefficient (Wildman–Crippen LogP) is 2.11. The van der Waals surface area contributed by atoms with E-state index >= 15 is 0 Å². The molecule has 0 bridgehead atoms. The molecule has 0 saturated heterocycles. The zero-order valence-corrected chi connectivity index (χ0v) is 9.54. The Hall–Kier alpha value is -1.61. The molecule has 0 unspecified atom stereocenters. The molecule has 0 radical (unpaired) electrons. The van der Waals surface area contributed by atoms with E-state index in [2.05, 4.69) is 32.2 Å². The van der Waals surface area contributed by atoms with E-state index in [0.29, 0.717) is 22.4 Å². The SMILES string of the molecule is C#CCNc1ncc([N+](=O)[O-])c(C)c1Br. The Labute approximate surface area is 95.2 Å². The molecule has 0 aliphatic heterocycles. The van der Waals surface area contributed by atoms with Gasteiger partial charge in [0.2, 0.25) is 0 Å². The molecule has 78 valence electrons. The predicted molar refractivity (Wildman–Crippen MR) is 60.7 cm³/mol. The largest absolute Gasteiger partial charge is 0.358 e. The highest BCUT2D eigenvalue weighted by atomic mass is 79.9. The summed E-state index contributed by atoms with van der Waals surface area (Å²) in [5.41, 5.74) is 0.502. The van der Waals surface area contributed by atoms with Crippen LogP contribution in [0.2, 0.25) is 0 Å². The second kappa shape index (κ2) is 4.75. The van der Waals surface area contributed by atoms with Gasteiger partial charge in [0, 0.05) is 5.56 Å². The third-order valence-electron chi connectivity index (χ3n) is 1.79. The first kappa shape index (κ1) is 11.5. The molecule has 5 nitrogen and oxygen atoms in total. The average molecular weight is 270 g/mol. The molecule has 1 rings (SSSR count). The minimum Gasteiger partial charge on any atom is -0.358 e. The molecule has 1 aromatic heterocycles. The molecule has 0 aromatic carbocycles. The van der Waals surface area contributed by atoms with E-state index in [-0.39, 0.29) is 5.69 Å². The van der Waals surface area contributed by atoms with Crippen LogP contribution >= 0.6 is 15.9 Å². The van der Waals surface area contributed by atoms with Crippen LogP contribution in [-0.2, 0) is 0 Å². The van der Waals surface area contributed by atoms with Crippen molar-refractivity contribution < 1.29 is 4.92 Å². The van der Waals surface area contributed by atoms with Crippen LogP contribution in [0.3, 0.4) is 0 Å². The summed E-state index contributed by atoms with van der Waals surface area (Å²) in [6.45, 7) is 1.97. The van der Waals surface area contributed by atoms with Crippen LogP contribution in [0.5, 0.6) is 0 Å². The van der Waals surface area contributed by atoms with E-state index in [9.17, 15) is 10.1 Å². The first-order valence-electron chi connectivity index (χ1n) is 4.04. The van der Waals surface area contributed by atoms with E-state index in [1.807, 2.05) is 0 Å². The highest BCUT2D eigenvalue weighted by Gasteiger charge is 2.16. The quantitative estimate of drug-likeness (QED) is 0.519. The van der Waals surface area contributed by atoms with Crippen molar-refractivity contribution in [3.63, 3.8) is 0 Å². The average Bonchev–Trinajstić information content (AvgIpc) is 2.20. The number of pyridine rings is 1. The molecule has 0 aliphatic carbocycles. The number of nitrogens with one attached hydrogen (secondary N) is 1. The standard InChI is InChI=1S/C9H8BrN3O2/c1-3-4-11-9-8(10)6(2)7(5-12-9)13(14)15/h1,5H,4H2,2H3,(H,11,12). The Kier molecular flexibility index (Phi) is 3.63. The highest BCUT2D eigenvalue weighted by molar-refractivity contribution is 9.10. The minimum atomic E-state index is -0.474. The van der Waals surface area contributed by atoms with Crippen molar-refractivity contribution in [1.29, 1.82) is 0 Å². The lowest BCUT2D eigenvalue weighted by atomic mass is 10.2. The Morgan fingerprint density at radius 3 is 3.00 bits per heavy atom. The molecule has 0 aliphatic rings. The molecule has 0 fully saturated rings. The topological polar surface area (TPSA) is 68.1 Å². The lowest BCUT2D eigenvalue weighted by molar-refractivity contribution is -0.385. The monoisotopic (exact) mass is 269 g/mol. The normalized spacial score (nSPS) is 9.40. The summed E-state index contributed by atoms with van der Waals surface area (Å²) in [4.78, 5) is 14.0. The van der Waals surface area contributed by atoms with Gasteiger partial charge in [-0.2, -0.15) is 0 Å². The Morgan fingerprint density at radius 2 is 2.47 bits per heavy atom. The molecule has 1 N–H and O–H groups in total. The summed E-state index contributed by atoms with van der Waals surface area (Å²) in [5, 5.41) is 13.4. The van der Waals surface area contributed by atoms with Crippen molar-refractivity contribution in [2.45, 2.75) is 6.92 Å². The van der Waals surface area contributed by atoms with Crippen molar-refractivity contribution >= 4 is 27.4 Å². The van der Waals surface area contributed by atoms with Gasteiger partial charge in [-0.25, -0.2) is 4.98 Å². The molecule has 0 saturated carbocycles. The molecule has 0 atom stereocenters. The van der Waals surface area contributed by atoms with Crippen LogP contribution < -0.4 is 5.32 Å². The summed E-state index contributed by atoms with van der Waals surface area (Å²) in [6, 6.07) is 0. The smallest absolute Gasteiger partial charge is 0.291 e. The summed E-state index contributed by atoms with van der Waals surface area (Å²) in [5.74, 6) is 2.90. The molecule has 0 amide bonds. The number of anilines is 1. The van der Waals surface area contributed by atoms with Crippen LogP contribution in [0.1, 0.15) is 5.56 Å². The van der Waals surface area contributed by atoms with Crippen LogP contribution in [0.15, 0.2) is 10.7 Å². The van der Waals surface area contributed by atoms with Crippen molar-refractivity contribution in [2.75, 3.05) is 11.9 Å². The first-order valence-corrected chi connectivity index (χ1v) is 4.84. The molecular formula is C9H8BrN3O2. The van der Waals surface area contributed by atoms with E-state index in [4.69, 9.17) is 6.42 Å². The molecule has 0 spiro atoms. The van der Waals surface area contributed by atoms with Crippen molar-refractivity contribution in [2.24, 2.45) is 0 Å². The summed E-state index contributed by atoms with van der Waals surface area (Å²) < 4.78 is 0.562. The maximum Gasteiger partial charge on any atom is 0.291 e. The first-order chi connectivity index (χ1) is 7.07. The van der Waals surface area contributed by atoms with Gasteiger partial charge in [0.15, 0.2) is 0 Å². The highest BCUT2D eigenvalue weighted by Crippen LogP contribution is 2.30. The second-order valence-electron chi connectivity index (χ2n) is 2.75. The van der Waals surface area contributed by atoms with Crippen LogP contribution in [0.4, 0.5) is 11.5 Å². The summed E-state index contributed by atoms with van der Waals surface area (Å²) >= 11 is 3.23. The fraction of sp³-hybridized carbons (Fsp3) is 0.222. The van der Waals surface area contributed by atoms with Crippen LogP contribution in [0, 0.1) is 29.4 Å². The Morgan fingerprint density at radius 1 is 1.80 bits per heavy atom. The van der Waals surface area contributed by atoms with Gasteiger partial charge >= 0.3 is 0 Å². The van der Waals surface area contributed by atoms with Crippen molar-refractivity contribution in [3.05, 3.63) is 26.3 Å². The second-order valence-corrected chi connectivity index (χ2v) is 3.54. The van der Waals surface area contributed by atoms with Gasteiger partial charge in [-0.3, -0.25) is 10.1 Å². The maximum atomic E-state index is 10.6. The molecule has 6 heteroatoms. The zero-order chi connectivity index (χ0) is 11.4. The Bertz CT molecular complexity index is 440. The zero-order valence-electron chi connectivity index (χ0n) is 7.95. The maximum absolute atomic E-state index is 10.6. The number of aromatic nitrogens is 1. The van der Waals surface area contributed by atoms with Crippen LogP contribution in [0.25, 0.3) is 0 Å². The van der Waals surface area contributed by atoms with Crippen molar-refractivity contribution in [1.82, 2.24) is 4.98 Å².